The van der Waals surface area contributed by atoms with Crippen LogP contribution in [0.3, 0.4) is 0 Å². The van der Waals surface area contributed by atoms with Crippen molar-refractivity contribution in [2.45, 2.75) is 40.2 Å². The van der Waals surface area contributed by atoms with E-state index in [2.05, 4.69) is 57.8 Å². The molecule has 0 bridgehead atoms. The van der Waals surface area contributed by atoms with Gasteiger partial charge in [0.1, 0.15) is 0 Å². The Morgan fingerprint density at radius 1 is 1.21 bits per heavy atom. The third kappa shape index (κ3) is 6.46. The second-order valence-electron chi connectivity index (χ2n) is 5.62. The van der Waals surface area contributed by atoms with E-state index in [1.54, 1.807) is 7.05 Å². The molecule has 0 spiro atoms. The lowest BCUT2D eigenvalue weighted by Gasteiger charge is -2.13. The number of rotatable bonds is 6. The molecule has 0 aliphatic carbocycles. The van der Waals surface area contributed by atoms with Crippen LogP contribution in [0.2, 0.25) is 0 Å². The van der Waals surface area contributed by atoms with Gasteiger partial charge < -0.3 is 15.2 Å². The quantitative estimate of drug-likeness (QED) is 0.311. The molecule has 0 aliphatic rings. The van der Waals surface area contributed by atoms with Gasteiger partial charge in [-0.15, -0.1) is 24.0 Å². The Hall–Kier alpha value is -1.64. The topological polar surface area (TPSA) is 75.3 Å². The van der Waals surface area contributed by atoms with Crippen molar-refractivity contribution in [3.05, 3.63) is 46.6 Å². The SMILES string of the molecule is CN=C(NCCCc1nc(C)no1)NCc1ccc(C)cc1C.I. The number of guanidine groups is 1. The first-order valence-electron chi connectivity index (χ1n) is 7.88. The highest BCUT2D eigenvalue weighted by molar-refractivity contribution is 14.0. The van der Waals surface area contributed by atoms with Crippen LogP contribution in [0.5, 0.6) is 0 Å². The summed E-state index contributed by atoms with van der Waals surface area (Å²) in [6, 6.07) is 6.48. The van der Waals surface area contributed by atoms with Crippen LogP contribution < -0.4 is 10.6 Å². The summed E-state index contributed by atoms with van der Waals surface area (Å²) in [5.74, 6) is 2.16. The highest BCUT2D eigenvalue weighted by atomic mass is 127. The van der Waals surface area contributed by atoms with Gasteiger partial charge in [0, 0.05) is 26.6 Å². The van der Waals surface area contributed by atoms with Crippen LogP contribution >= 0.6 is 24.0 Å². The second-order valence-corrected chi connectivity index (χ2v) is 5.62. The molecule has 0 saturated heterocycles. The van der Waals surface area contributed by atoms with Crippen molar-refractivity contribution >= 4 is 29.9 Å². The molecule has 2 aromatic rings. The van der Waals surface area contributed by atoms with Crippen LogP contribution in [-0.4, -0.2) is 29.7 Å². The van der Waals surface area contributed by atoms with Crippen molar-refractivity contribution in [3.63, 3.8) is 0 Å². The van der Waals surface area contributed by atoms with Crippen LogP contribution in [0.1, 0.15) is 34.8 Å². The molecule has 7 heteroatoms. The Kier molecular flexibility index (Phi) is 8.73. The number of hydrogen-bond acceptors (Lipinski definition) is 4. The second kappa shape index (κ2) is 10.3. The average Bonchev–Trinajstić information content (AvgIpc) is 2.93. The third-order valence-corrected chi connectivity index (χ3v) is 3.60. The molecule has 6 nitrogen and oxygen atoms in total. The van der Waals surface area contributed by atoms with Crippen LogP contribution in [-0.2, 0) is 13.0 Å². The number of aliphatic imine (C=N–C) groups is 1. The maximum atomic E-state index is 5.09. The largest absolute Gasteiger partial charge is 0.356 e. The first kappa shape index (κ1) is 20.4. The van der Waals surface area contributed by atoms with Gasteiger partial charge in [-0.2, -0.15) is 4.98 Å². The highest BCUT2D eigenvalue weighted by Gasteiger charge is 2.04. The summed E-state index contributed by atoms with van der Waals surface area (Å²) in [5.41, 5.74) is 3.85. The van der Waals surface area contributed by atoms with Gasteiger partial charge >= 0.3 is 0 Å². The van der Waals surface area contributed by atoms with E-state index < -0.39 is 0 Å². The maximum Gasteiger partial charge on any atom is 0.226 e. The first-order chi connectivity index (χ1) is 11.1. The molecule has 0 radical (unpaired) electrons. The number of hydrogen-bond donors (Lipinski definition) is 2. The Bertz CT molecular complexity index is 669. The highest BCUT2D eigenvalue weighted by Crippen LogP contribution is 2.09. The molecule has 0 atom stereocenters. The normalized spacial score (nSPS) is 11.1. The Morgan fingerprint density at radius 3 is 2.62 bits per heavy atom. The van der Waals surface area contributed by atoms with E-state index in [9.17, 15) is 0 Å². The van der Waals surface area contributed by atoms with Crippen LogP contribution in [0.25, 0.3) is 0 Å². The van der Waals surface area contributed by atoms with Crippen molar-refractivity contribution in [2.24, 2.45) is 4.99 Å². The zero-order valence-electron chi connectivity index (χ0n) is 14.7. The fraction of sp³-hybridized carbons (Fsp3) is 0.471. The number of aromatic nitrogens is 2. The predicted molar refractivity (Wildman–Crippen MR) is 107 cm³/mol. The molecule has 0 unspecified atom stereocenters. The minimum atomic E-state index is 0. The maximum absolute atomic E-state index is 5.09. The molecule has 2 N–H and O–H groups in total. The zero-order chi connectivity index (χ0) is 16.7. The molecular formula is C17H26IN5O. The molecule has 24 heavy (non-hydrogen) atoms. The number of aryl methyl sites for hydroxylation is 4. The summed E-state index contributed by atoms with van der Waals surface area (Å²) in [7, 11) is 1.78. The van der Waals surface area contributed by atoms with E-state index in [4.69, 9.17) is 4.52 Å². The predicted octanol–water partition coefficient (Wildman–Crippen LogP) is 2.91. The lowest BCUT2D eigenvalue weighted by atomic mass is 10.1. The Morgan fingerprint density at radius 2 is 2.00 bits per heavy atom. The molecule has 2 rings (SSSR count). The van der Waals surface area contributed by atoms with E-state index in [1.807, 2.05) is 6.92 Å². The number of benzene rings is 1. The molecule has 1 heterocycles. The summed E-state index contributed by atoms with van der Waals surface area (Å²) in [6.45, 7) is 7.62. The van der Waals surface area contributed by atoms with Gasteiger partial charge in [0.25, 0.3) is 0 Å². The van der Waals surface area contributed by atoms with Crippen molar-refractivity contribution in [1.82, 2.24) is 20.8 Å². The summed E-state index contributed by atoms with van der Waals surface area (Å²) < 4.78 is 5.09. The molecule has 0 amide bonds. The fourth-order valence-electron chi connectivity index (χ4n) is 2.33. The summed E-state index contributed by atoms with van der Waals surface area (Å²) in [6.07, 6.45) is 1.67. The van der Waals surface area contributed by atoms with E-state index in [-0.39, 0.29) is 24.0 Å². The van der Waals surface area contributed by atoms with Crippen molar-refractivity contribution in [1.29, 1.82) is 0 Å². The van der Waals surface area contributed by atoms with Crippen molar-refractivity contribution in [3.8, 4) is 0 Å². The van der Waals surface area contributed by atoms with Gasteiger partial charge in [0.15, 0.2) is 11.8 Å². The Labute approximate surface area is 160 Å². The Balaban J connectivity index is 0.00000288. The van der Waals surface area contributed by atoms with Gasteiger partial charge in [-0.3, -0.25) is 4.99 Å². The minimum absolute atomic E-state index is 0. The average molecular weight is 443 g/mol. The lowest BCUT2D eigenvalue weighted by Crippen LogP contribution is -2.37. The molecule has 0 aliphatic heterocycles. The number of nitrogens with one attached hydrogen (secondary N) is 2. The minimum Gasteiger partial charge on any atom is -0.356 e. The zero-order valence-corrected chi connectivity index (χ0v) is 17.0. The first-order valence-corrected chi connectivity index (χ1v) is 7.88. The van der Waals surface area contributed by atoms with Crippen LogP contribution in [0.4, 0.5) is 0 Å². The van der Waals surface area contributed by atoms with E-state index in [0.717, 1.165) is 31.9 Å². The van der Waals surface area contributed by atoms with E-state index in [1.165, 1.54) is 16.7 Å². The molecule has 1 aromatic heterocycles. The van der Waals surface area contributed by atoms with Crippen molar-refractivity contribution in [2.75, 3.05) is 13.6 Å². The number of nitrogens with zero attached hydrogens (tertiary/aromatic N) is 3. The van der Waals surface area contributed by atoms with E-state index in [0.29, 0.717) is 11.7 Å². The molecular weight excluding hydrogens is 417 g/mol. The number of halogens is 1. The molecule has 0 fully saturated rings. The van der Waals surface area contributed by atoms with E-state index >= 15 is 0 Å². The van der Waals surface area contributed by atoms with Gasteiger partial charge in [0.05, 0.1) is 0 Å². The molecule has 0 saturated carbocycles. The third-order valence-electron chi connectivity index (χ3n) is 3.60. The van der Waals surface area contributed by atoms with Gasteiger partial charge in [-0.05, 0) is 38.3 Å². The summed E-state index contributed by atoms with van der Waals surface area (Å²) in [4.78, 5) is 8.43. The smallest absolute Gasteiger partial charge is 0.226 e. The standard InChI is InChI=1S/C17H25N5O.HI/c1-12-7-8-15(13(2)10-12)11-20-17(18-4)19-9-5-6-16-21-14(3)22-23-16;/h7-8,10H,5-6,9,11H2,1-4H3,(H2,18,19,20);1H. The van der Waals surface area contributed by atoms with Gasteiger partial charge in [-0.25, -0.2) is 0 Å². The fourth-order valence-corrected chi connectivity index (χ4v) is 2.33. The van der Waals surface area contributed by atoms with Gasteiger partial charge in [-0.1, -0.05) is 28.9 Å². The lowest BCUT2D eigenvalue weighted by molar-refractivity contribution is 0.372. The summed E-state index contributed by atoms with van der Waals surface area (Å²) in [5, 5.41) is 10.4. The summed E-state index contributed by atoms with van der Waals surface area (Å²) >= 11 is 0. The molecule has 1 aromatic carbocycles. The van der Waals surface area contributed by atoms with Crippen LogP contribution in [0.15, 0.2) is 27.7 Å². The monoisotopic (exact) mass is 443 g/mol. The van der Waals surface area contributed by atoms with Crippen molar-refractivity contribution < 1.29 is 4.52 Å². The van der Waals surface area contributed by atoms with Gasteiger partial charge in [0.2, 0.25) is 5.89 Å². The molecule has 132 valence electrons. The van der Waals surface area contributed by atoms with Crippen LogP contribution in [0, 0.1) is 20.8 Å².